The number of nitrogens with two attached hydrogens (primary N) is 1. The minimum absolute atomic E-state index is 0.149. The van der Waals surface area contributed by atoms with Crippen molar-refractivity contribution < 1.29 is 19.4 Å². The number of nitrogen functional groups attached to an aromatic ring is 1. The van der Waals surface area contributed by atoms with Gasteiger partial charge in [0.2, 0.25) is 0 Å². The van der Waals surface area contributed by atoms with Crippen molar-refractivity contribution in [3.8, 4) is 17.0 Å². The van der Waals surface area contributed by atoms with E-state index in [1.807, 2.05) is 17.5 Å². The Kier molecular flexibility index (Phi) is 5.14. The number of ether oxygens (including phenoxy) is 1. The molecule has 3 rings (SSSR count). The molecule has 1 heterocycles. The molecule has 132 valence electrons. The topological polar surface area (TPSA) is 115 Å². The predicted molar refractivity (Wildman–Crippen MR) is 99.5 cm³/mol. The van der Waals surface area contributed by atoms with Crippen LogP contribution < -0.4 is 15.8 Å². The van der Waals surface area contributed by atoms with E-state index in [0.717, 1.165) is 5.56 Å². The number of thiazole rings is 1. The summed E-state index contributed by atoms with van der Waals surface area (Å²) in [5.74, 6) is -0.861. The molecule has 0 aliphatic carbocycles. The van der Waals surface area contributed by atoms with E-state index in [2.05, 4.69) is 10.3 Å². The third kappa shape index (κ3) is 4.17. The zero-order valence-corrected chi connectivity index (χ0v) is 14.3. The molecule has 0 aliphatic rings. The lowest BCUT2D eigenvalue weighted by atomic mass is 10.1. The minimum Gasteiger partial charge on any atom is -0.483 e. The van der Waals surface area contributed by atoms with Crippen LogP contribution in [0.4, 0.5) is 10.8 Å². The van der Waals surface area contributed by atoms with Crippen molar-refractivity contribution in [2.24, 2.45) is 0 Å². The summed E-state index contributed by atoms with van der Waals surface area (Å²) >= 11 is 1.33. The third-order valence-corrected chi connectivity index (χ3v) is 4.13. The highest BCUT2D eigenvalue weighted by atomic mass is 32.1. The molecular weight excluding hydrogens is 354 g/mol. The Bertz CT molecular complexity index is 938. The molecular formula is C18H15N3O4S. The Hall–Kier alpha value is -3.39. The summed E-state index contributed by atoms with van der Waals surface area (Å²) in [6.45, 7) is -0.197. The van der Waals surface area contributed by atoms with Crippen LogP contribution in [0.2, 0.25) is 0 Å². The lowest BCUT2D eigenvalue weighted by Crippen LogP contribution is -2.20. The van der Waals surface area contributed by atoms with Crippen molar-refractivity contribution in [1.82, 2.24) is 4.98 Å². The molecule has 0 aliphatic heterocycles. The summed E-state index contributed by atoms with van der Waals surface area (Å²) in [5.41, 5.74) is 7.74. The van der Waals surface area contributed by atoms with Crippen molar-refractivity contribution in [1.29, 1.82) is 0 Å². The third-order valence-electron chi connectivity index (χ3n) is 3.46. The zero-order chi connectivity index (χ0) is 18.5. The lowest BCUT2D eigenvalue weighted by molar-refractivity contribution is -0.118. The van der Waals surface area contributed by atoms with Crippen LogP contribution in [0.5, 0.6) is 5.75 Å². The number of nitrogens with one attached hydrogen (secondary N) is 1. The first-order valence-corrected chi connectivity index (χ1v) is 8.47. The Morgan fingerprint density at radius 3 is 2.54 bits per heavy atom. The van der Waals surface area contributed by atoms with E-state index in [0.29, 0.717) is 22.3 Å². The Balaban J connectivity index is 1.64. The Labute approximate surface area is 153 Å². The SMILES string of the molecule is Nc1nc(-c2ccccc2OCC(=O)Nc2ccc(C(=O)O)cc2)cs1. The molecule has 26 heavy (non-hydrogen) atoms. The van der Waals surface area contributed by atoms with Crippen LogP contribution in [0.3, 0.4) is 0 Å². The van der Waals surface area contributed by atoms with E-state index < -0.39 is 5.97 Å². The van der Waals surface area contributed by atoms with Crippen LogP contribution >= 0.6 is 11.3 Å². The summed E-state index contributed by atoms with van der Waals surface area (Å²) in [6, 6.07) is 13.1. The molecule has 2 aromatic carbocycles. The fourth-order valence-electron chi connectivity index (χ4n) is 2.25. The maximum Gasteiger partial charge on any atom is 0.335 e. The van der Waals surface area contributed by atoms with Crippen LogP contribution in [0, 0.1) is 0 Å². The second-order valence-corrected chi connectivity index (χ2v) is 6.18. The molecule has 4 N–H and O–H groups in total. The van der Waals surface area contributed by atoms with Gasteiger partial charge >= 0.3 is 5.97 Å². The quantitative estimate of drug-likeness (QED) is 0.615. The van der Waals surface area contributed by atoms with E-state index >= 15 is 0 Å². The lowest BCUT2D eigenvalue weighted by Gasteiger charge is -2.10. The number of aromatic carboxylic acids is 1. The smallest absolute Gasteiger partial charge is 0.335 e. The number of hydrogen-bond acceptors (Lipinski definition) is 6. The predicted octanol–water partition coefficient (Wildman–Crippen LogP) is 3.11. The highest BCUT2D eigenvalue weighted by molar-refractivity contribution is 7.13. The molecule has 3 aromatic rings. The number of benzene rings is 2. The van der Waals surface area contributed by atoms with Crippen LogP contribution in [0.25, 0.3) is 11.3 Å². The Morgan fingerprint density at radius 1 is 1.15 bits per heavy atom. The zero-order valence-electron chi connectivity index (χ0n) is 13.5. The number of nitrogens with zero attached hydrogens (tertiary/aromatic N) is 1. The maximum absolute atomic E-state index is 12.1. The van der Waals surface area contributed by atoms with Crippen LogP contribution in [0.15, 0.2) is 53.9 Å². The van der Waals surface area contributed by atoms with Gasteiger partial charge in [0.05, 0.1) is 11.3 Å². The van der Waals surface area contributed by atoms with E-state index in [9.17, 15) is 9.59 Å². The van der Waals surface area contributed by atoms with Crippen LogP contribution in [-0.2, 0) is 4.79 Å². The number of carboxylic acids is 1. The molecule has 0 bridgehead atoms. The van der Waals surface area contributed by atoms with Crippen molar-refractivity contribution >= 4 is 34.0 Å². The first-order chi connectivity index (χ1) is 12.5. The molecule has 1 aromatic heterocycles. The molecule has 8 heteroatoms. The number of aromatic nitrogens is 1. The van der Waals surface area contributed by atoms with Gasteiger partial charge in [0.15, 0.2) is 11.7 Å². The number of para-hydroxylation sites is 1. The summed E-state index contributed by atoms with van der Waals surface area (Å²) < 4.78 is 5.61. The monoisotopic (exact) mass is 369 g/mol. The number of carbonyl (C=O) groups excluding carboxylic acids is 1. The second kappa shape index (κ2) is 7.66. The number of carbonyl (C=O) groups is 2. The Morgan fingerprint density at radius 2 is 1.88 bits per heavy atom. The molecule has 0 spiro atoms. The molecule has 0 saturated heterocycles. The summed E-state index contributed by atoms with van der Waals surface area (Å²) in [7, 11) is 0. The number of carboxylic acid groups (broad SMARTS) is 1. The van der Waals surface area contributed by atoms with Gasteiger partial charge in [-0.2, -0.15) is 0 Å². The van der Waals surface area contributed by atoms with E-state index in [4.69, 9.17) is 15.6 Å². The average molecular weight is 369 g/mol. The van der Waals surface area contributed by atoms with Crippen molar-refractivity contribution in [3.63, 3.8) is 0 Å². The summed E-state index contributed by atoms with van der Waals surface area (Å²) in [4.78, 5) is 27.1. The van der Waals surface area contributed by atoms with E-state index in [-0.39, 0.29) is 18.1 Å². The largest absolute Gasteiger partial charge is 0.483 e. The van der Waals surface area contributed by atoms with E-state index in [1.54, 1.807) is 12.1 Å². The van der Waals surface area contributed by atoms with Gasteiger partial charge in [0.25, 0.3) is 5.91 Å². The van der Waals surface area contributed by atoms with Gasteiger partial charge in [-0.1, -0.05) is 12.1 Å². The number of rotatable bonds is 6. The number of anilines is 2. The molecule has 1 amide bonds. The number of amides is 1. The molecule has 0 saturated carbocycles. The van der Waals surface area contributed by atoms with Crippen LogP contribution in [0.1, 0.15) is 10.4 Å². The molecule has 7 nitrogen and oxygen atoms in total. The summed E-state index contributed by atoms with van der Waals surface area (Å²) in [5, 5.41) is 13.8. The fraction of sp³-hybridized carbons (Fsp3) is 0.0556. The van der Waals surface area contributed by atoms with Gasteiger partial charge in [0.1, 0.15) is 5.75 Å². The standard InChI is InChI=1S/C18H15N3O4S/c19-18-21-14(10-26-18)13-3-1-2-4-15(13)25-9-16(22)20-12-7-5-11(6-8-12)17(23)24/h1-8,10H,9H2,(H2,19,21)(H,20,22)(H,23,24). The van der Waals surface area contributed by atoms with Gasteiger partial charge in [0, 0.05) is 16.6 Å². The van der Waals surface area contributed by atoms with Crippen molar-refractivity contribution in [2.45, 2.75) is 0 Å². The summed E-state index contributed by atoms with van der Waals surface area (Å²) in [6.07, 6.45) is 0. The van der Waals surface area contributed by atoms with Crippen LogP contribution in [-0.4, -0.2) is 28.6 Å². The van der Waals surface area contributed by atoms with Gasteiger partial charge in [-0.15, -0.1) is 11.3 Å². The van der Waals surface area contributed by atoms with Crippen molar-refractivity contribution in [3.05, 3.63) is 59.5 Å². The maximum atomic E-state index is 12.1. The second-order valence-electron chi connectivity index (χ2n) is 5.29. The van der Waals surface area contributed by atoms with E-state index in [1.165, 1.54) is 35.6 Å². The highest BCUT2D eigenvalue weighted by Gasteiger charge is 2.11. The van der Waals surface area contributed by atoms with Gasteiger partial charge in [-0.25, -0.2) is 9.78 Å². The molecule has 0 atom stereocenters. The first kappa shape index (κ1) is 17.4. The fourth-order valence-corrected chi connectivity index (χ4v) is 2.82. The number of hydrogen-bond donors (Lipinski definition) is 3. The van der Waals surface area contributed by atoms with Gasteiger partial charge in [-0.3, -0.25) is 4.79 Å². The first-order valence-electron chi connectivity index (χ1n) is 7.59. The molecule has 0 radical (unpaired) electrons. The highest BCUT2D eigenvalue weighted by Crippen LogP contribution is 2.31. The average Bonchev–Trinajstić information content (AvgIpc) is 3.07. The van der Waals surface area contributed by atoms with Crippen molar-refractivity contribution in [2.75, 3.05) is 17.7 Å². The minimum atomic E-state index is -1.02. The van der Waals surface area contributed by atoms with Gasteiger partial charge < -0.3 is 20.9 Å². The van der Waals surface area contributed by atoms with Gasteiger partial charge in [-0.05, 0) is 36.4 Å². The molecule has 0 fully saturated rings. The molecule has 0 unspecified atom stereocenters. The normalized spacial score (nSPS) is 10.3.